The predicted molar refractivity (Wildman–Crippen MR) is 104 cm³/mol. The molecule has 1 unspecified atom stereocenters. The monoisotopic (exact) mass is 370 g/mol. The number of nitrogens with one attached hydrogen (secondary N) is 1. The number of amides is 2. The van der Waals surface area contributed by atoms with E-state index >= 15 is 0 Å². The number of nitrogens with zero attached hydrogens (tertiary/aromatic N) is 1. The second-order valence-electron chi connectivity index (χ2n) is 6.58. The van der Waals surface area contributed by atoms with Gasteiger partial charge in [-0.2, -0.15) is 0 Å². The molecule has 1 atom stereocenters. The molecule has 0 spiro atoms. The van der Waals surface area contributed by atoms with Gasteiger partial charge in [0.1, 0.15) is 12.4 Å². The number of aryl methyl sites for hydroxylation is 1. The minimum atomic E-state index is -0.927. The Labute approximate surface area is 159 Å². The molecule has 0 aliphatic carbocycles. The Morgan fingerprint density at radius 2 is 1.89 bits per heavy atom. The second kappa shape index (κ2) is 9.62. The number of urea groups is 1. The highest BCUT2D eigenvalue weighted by molar-refractivity contribution is 5.75. The van der Waals surface area contributed by atoms with Crippen molar-refractivity contribution in [1.29, 1.82) is 0 Å². The van der Waals surface area contributed by atoms with E-state index in [1.807, 2.05) is 56.3 Å². The number of aliphatic carboxylic acids is 1. The molecule has 6 heteroatoms. The minimum absolute atomic E-state index is 0.0781. The highest BCUT2D eigenvalue weighted by Crippen LogP contribution is 2.19. The zero-order valence-corrected chi connectivity index (χ0v) is 15.9. The third-order valence-corrected chi connectivity index (χ3v) is 4.22. The normalized spacial score (nSPS) is 11.5. The van der Waals surface area contributed by atoms with Crippen molar-refractivity contribution < 1.29 is 19.4 Å². The molecule has 2 aromatic carbocycles. The number of carboxylic acid groups (broad SMARTS) is 1. The summed E-state index contributed by atoms with van der Waals surface area (Å²) in [6, 6.07) is 15.2. The Hall–Kier alpha value is -3.02. The van der Waals surface area contributed by atoms with E-state index in [9.17, 15) is 9.59 Å². The van der Waals surface area contributed by atoms with E-state index in [1.54, 1.807) is 7.05 Å². The maximum atomic E-state index is 12.1. The van der Waals surface area contributed by atoms with Gasteiger partial charge in [-0.3, -0.25) is 4.79 Å². The number of rotatable bonds is 8. The van der Waals surface area contributed by atoms with Crippen molar-refractivity contribution in [2.45, 2.75) is 32.9 Å². The van der Waals surface area contributed by atoms with Crippen molar-refractivity contribution in [2.75, 3.05) is 13.6 Å². The summed E-state index contributed by atoms with van der Waals surface area (Å²) in [5.41, 5.74) is 3.26. The summed E-state index contributed by atoms with van der Waals surface area (Å²) >= 11 is 0. The first kappa shape index (κ1) is 20.3. The van der Waals surface area contributed by atoms with E-state index in [2.05, 4.69) is 11.4 Å². The molecule has 2 N–H and O–H groups in total. The van der Waals surface area contributed by atoms with Gasteiger partial charge in [-0.1, -0.05) is 42.0 Å². The molecular formula is C21H26N2O4. The van der Waals surface area contributed by atoms with E-state index in [-0.39, 0.29) is 25.0 Å². The number of hydrogen-bond acceptors (Lipinski definition) is 3. The Balaban J connectivity index is 1.86. The molecule has 0 bridgehead atoms. The van der Waals surface area contributed by atoms with Crippen LogP contribution in [0.15, 0.2) is 48.5 Å². The molecule has 2 aromatic rings. The van der Waals surface area contributed by atoms with Gasteiger partial charge in [-0.05, 0) is 37.1 Å². The van der Waals surface area contributed by atoms with Gasteiger partial charge in [-0.15, -0.1) is 0 Å². The van der Waals surface area contributed by atoms with Gasteiger partial charge in [0.05, 0.1) is 12.5 Å². The molecule has 0 saturated carbocycles. The maximum Gasteiger partial charge on any atom is 0.317 e. The largest absolute Gasteiger partial charge is 0.489 e. The van der Waals surface area contributed by atoms with Crippen LogP contribution >= 0.6 is 0 Å². The van der Waals surface area contributed by atoms with Crippen molar-refractivity contribution in [3.8, 4) is 5.75 Å². The topological polar surface area (TPSA) is 78.9 Å². The van der Waals surface area contributed by atoms with Crippen LogP contribution in [0.1, 0.15) is 36.1 Å². The lowest BCUT2D eigenvalue weighted by molar-refractivity contribution is -0.137. The Morgan fingerprint density at radius 1 is 1.19 bits per heavy atom. The molecule has 0 radical (unpaired) electrons. The maximum absolute atomic E-state index is 12.1. The fourth-order valence-corrected chi connectivity index (χ4v) is 2.56. The third kappa shape index (κ3) is 6.66. The van der Waals surface area contributed by atoms with Crippen LogP contribution in [0.2, 0.25) is 0 Å². The first-order chi connectivity index (χ1) is 12.8. The molecular weight excluding hydrogens is 344 g/mol. The van der Waals surface area contributed by atoms with Gasteiger partial charge < -0.3 is 20.1 Å². The zero-order chi connectivity index (χ0) is 19.8. The van der Waals surface area contributed by atoms with E-state index in [4.69, 9.17) is 9.84 Å². The van der Waals surface area contributed by atoms with Crippen molar-refractivity contribution >= 4 is 12.0 Å². The van der Waals surface area contributed by atoms with Crippen molar-refractivity contribution in [2.24, 2.45) is 0 Å². The molecule has 0 aliphatic heterocycles. The van der Waals surface area contributed by atoms with Crippen LogP contribution in [0.4, 0.5) is 4.79 Å². The van der Waals surface area contributed by atoms with Gasteiger partial charge in [-0.25, -0.2) is 4.79 Å². The summed E-state index contributed by atoms with van der Waals surface area (Å²) in [7, 11) is 1.58. The zero-order valence-electron chi connectivity index (χ0n) is 15.9. The summed E-state index contributed by atoms with van der Waals surface area (Å²) in [5, 5.41) is 11.5. The molecule has 0 aromatic heterocycles. The van der Waals surface area contributed by atoms with Crippen LogP contribution in [0.25, 0.3) is 0 Å². The molecule has 0 saturated heterocycles. The lowest BCUT2D eigenvalue weighted by atomic mass is 10.1. The minimum Gasteiger partial charge on any atom is -0.489 e. The molecule has 27 heavy (non-hydrogen) atoms. The number of benzene rings is 2. The lowest BCUT2D eigenvalue weighted by Gasteiger charge is -2.21. The summed E-state index contributed by atoms with van der Waals surface area (Å²) in [6.07, 6.45) is -0.0781. The summed E-state index contributed by atoms with van der Waals surface area (Å²) in [4.78, 5) is 24.0. The van der Waals surface area contributed by atoms with E-state index < -0.39 is 5.97 Å². The number of hydrogen-bond donors (Lipinski definition) is 2. The van der Waals surface area contributed by atoms with E-state index in [1.165, 1.54) is 10.5 Å². The highest BCUT2D eigenvalue weighted by atomic mass is 16.5. The van der Waals surface area contributed by atoms with Crippen LogP contribution in [0.5, 0.6) is 5.75 Å². The molecule has 2 rings (SSSR count). The van der Waals surface area contributed by atoms with Crippen molar-refractivity contribution in [3.63, 3.8) is 0 Å². The predicted octanol–water partition coefficient (Wildman–Crippen LogP) is 3.75. The summed E-state index contributed by atoms with van der Waals surface area (Å²) in [6.45, 7) is 4.60. The van der Waals surface area contributed by atoms with Crippen molar-refractivity contribution in [3.05, 3.63) is 65.2 Å². The second-order valence-corrected chi connectivity index (χ2v) is 6.58. The van der Waals surface area contributed by atoms with Crippen molar-refractivity contribution in [1.82, 2.24) is 10.2 Å². The standard InChI is InChI=1S/C21H26N2O4/c1-15-5-4-6-17(13-15)14-27-19-9-7-18(8-10-19)16(2)22-21(26)23(3)12-11-20(24)25/h4-10,13,16H,11-12,14H2,1-3H3,(H,22,26)(H,24,25). The van der Waals surface area contributed by atoms with Gasteiger partial charge in [0.25, 0.3) is 0 Å². The van der Waals surface area contributed by atoms with Gasteiger partial charge in [0, 0.05) is 13.6 Å². The SMILES string of the molecule is Cc1cccc(COc2ccc(C(C)NC(=O)N(C)CCC(=O)O)cc2)c1. The Morgan fingerprint density at radius 3 is 2.52 bits per heavy atom. The Kier molecular flexibility index (Phi) is 7.23. The molecule has 2 amide bonds. The van der Waals surface area contributed by atoms with Crippen LogP contribution in [0, 0.1) is 6.92 Å². The third-order valence-electron chi connectivity index (χ3n) is 4.22. The number of ether oxygens (including phenoxy) is 1. The van der Waals surface area contributed by atoms with Gasteiger partial charge in [0.15, 0.2) is 0 Å². The summed E-state index contributed by atoms with van der Waals surface area (Å²) < 4.78 is 5.80. The molecule has 144 valence electrons. The highest BCUT2D eigenvalue weighted by Gasteiger charge is 2.14. The Bertz CT molecular complexity index is 774. The fraction of sp³-hybridized carbons (Fsp3) is 0.333. The number of carboxylic acids is 1. The molecule has 0 fully saturated rings. The smallest absolute Gasteiger partial charge is 0.317 e. The van der Waals surface area contributed by atoms with Crippen LogP contribution in [-0.4, -0.2) is 35.6 Å². The summed E-state index contributed by atoms with van der Waals surface area (Å²) in [5.74, 6) is -0.165. The first-order valence-electron chi connectivity index (χ1n) is 8.87. The number of carbonyl (C=O) groups excluding carboxylic acids is 1. The average molecular weight is 370 g/mol. The molecule has 6 nitrogen and oxygen atoms in total. The molecule has 0 aliphatic rings. The van der Waals surface area contributed by atoms with E-state index in [0.717, 1.165) is 16.9 Å². The van der Waals surface area contributed by atoms with Crippen LogP contribution < -0.4 is 10.1 Å². The number of carbonyl (C=O) groups is 2. The average Bonchev–Trinajstić information content (AvgIpc) is 2.64. The van der Waals surface area contributed by atoms with Gasteiger partial charge in [0.2, 0.25) is 0 Å². The lowest BCUT2D eigenvalue weighted by Crippen LogP contribution is -2.39. The van der Waals surface area contributed by atoms with Gasteiger partial charge >= 0.3 is 12.0 Å². The van der Waals surface area contributed by atoms with Crippen LogP contribution in [0.3, 0.4) is 0 Å². The quantitative estimate of drug-likeness (QED) is 0.742. The van der Waals surface area contributed by atoms with Crippen LogP contribution in [-0.2, 0) is 11.4 Å². The fourth-order valence-electron chi connectivity index (χ4n) is 2.56. The molecule has 0 heterocycles. The van der Waals surface area contributed by atoms with E-state index in [0.29, 0.717) is 6.61 Å². The first-order valence-corrected chi connectivity index (χ1v) is 8.87.